The molecule has 0 saturated carbocycles. The monoisotopic (exact) mass is 376 g/mol. The normalized spacial score (nSPS) is 17.8. The molecule has 5 heteroatoms. The van der Waals surface area contributed by atoms with E-state index in [1.807, 2.05) is 24.1 Å². The van der Waals surface area contributed by atoms with Crippen LogP contribution in [-0.4, -0.2) is 39.4 Å². The van der Waals surface area contributed by atoms with Gasteiger partial charge in [0.15, 0.2) is 0 Å². The van der Waals surface area contributed by atoms with Crippen molar-refractivity contribution in [1.29, 1.82) is 0 Å². The van der Waals surface area contributed by atoms with E-state index in [0.29, 0.717) is 0 Å². The first-order valence-electron chi connectivity index (χ1n) is 9.90. The van der Waals surface area contributed by atoms with Gasteiger partial charge in [0.2, 0.25) is 0 Å². The van der Waals surface area contributed by atoms with E-state index in [-0.39, 0.29) is 6.10 Å². The fourth-order valence-corrected chi connectivity index (χ4v) is 3.64. The van der Waals surface area contributed by atoms with Gasteiger partial charge in [-0.05, 0) is 37.5 Å². The van der Waals surface area contributed by atoms with Crippen LogP contribution in [-0.2, 0) is 24.8 Å². The van der Waals surface area contributed by atoms with E-state index in [4.69, 9.17) is 9.72 Å². The molecule has 0 aliphatic carbocycles. The number of hydrogen-bond donors (Lipinski definition) is 0. The zero-order chi connectivity index (χ0) is 19.5. The van der Waals surface area contributed by atoms with Gasteiger partial charge in [0.1, 0.15) is 6.10 Å². The average molecular weight is 377 g/mol. The van der Waals surface area contributed by atoms with E-state index < -0.39 is 0 Å². The summed E-state index contributed by atoms with van der Waals surface area (Å²) < 4.78 is 7.95. The van der Waals surface area contributed by atoms with Crippen molar-refractivity contribution in [3.05, 3.63) is 82.4 Å². The molecule has 1 saturated heterocycles. The molecule has 1 aliphatic heterocycles. The minimum absolute atomic E-state index is 0.0270. The molecule has 0 unspecified atom stereocenters. The van der Waals surface area contributed by atoms with Gasteiger partial charge in [-0.3, -0.25) is 14.6 Å². The van der Waals surface area contributed by atoms with Gasteiger partial charge >= 0.3 is 0 Å². The third kappa shape index (κ3) is 4.32. The SMILES string of the molecule is Cc1ccc(Cc2ccc([C@H]3CN(Cc4cnn(C)c4C)CCO3)nc2)cc1. The summed E-state index contributed by atoms with van der Waals surface area (Å²) in [6.07, 6.45) is 4.89. The van der Waals surface area contributed by atoms with Crippen LogP contribution in [0.25, 0.3) is 0 Å². The molecule has 28 heavy (non-hydrogen) atoms. The first kappa shape index (κ1) is 18.8. The summed E-state index contributed by atoms with van der Waals surface area (Å²) in [6.45, 7) is 7.68. The number of morpholine rings is 1. The Morgan fingerprint density at radius 2 is 1.82 bits per heavy atom. The number of rotatable bonds is 5. The quantitative estimate of drug-likeness (QED) is 0.682. The van der Waals surface area contributed by atoms with Gasteiger partial charge in [-0.15, -0.1) is 0 Å². The number of nitrogens with zero attached hydrogens (tertiary/aromatic N) is 4. The van der Waals surface area contributed by atoms with E-state index >= 15 is 0 Å². The highest BCUT2D eigenvalue weighted by atomic mass is 16.5. The third-order valence-corrected chi connectivity index (χ3v) is 5.59. The topological polar surface area (TPSA) is 43.2 Å². The van der Waals surface area contributed by atoms with Gasteiger partial charge in [-0.1, -0.05) is 35.9 Å². The Kier molecular flexibility index (Phi) is 5.55. The summed E-state index contributed by atoms with van der Waals surface area (Å²) in [5.74, 6) is 0. The van der Waals surface area contributed by atoms with Crippen molar-refractivity contribution in [3.8, 4) is 0 Å². The molecular formula is C23H28N4O. The highest BCUT2D eigenvalue weighted by Gasteiger charge is 2.23. The van der Waals surface area contributed by atoms with Gasteiger partial charge < -0.3 is 4.74 Å². The second kappa shape index (κ2) is 8.25. The molecule has 146 valence electrons. The number of hydrogen-bond acceptors (Lipinski definition) is 4. The predicted octanol–water partition coefficient (Wildman–Crippen LogP) is 3.60. The molecule has 0 N–H and O–H groups in total. The molecule has 3 aromatic rings. The molecule has 1 aromatic carbocycles. The van der Waals surface area contributed by atoms with Crippen LogP contribution in [0.4, 0.5) is 0 Å². The zero-order valence-corrected chi connectivity index (χ0v) is 16.9. The van der Waals surface area contributed by atoms with E-state index in [1.54, 1.807) is 0 Å². The fourth-order valence-electron chi connectivity index (χ4n) is 3.64. The summed E-state index contributed by atoms with van der Waals surface area (Å²) >= 11 is 0. The van der Waals surface area contributed by atoms with Crippen LogP contribution in [0, 0.1) is 13.8 Å². The Hall–Kier alpha value is -2.50. The molecule has 4 rings (SSSR count). The van der Waals surface area contributed by atoms with E-state index in [9.17, 15) is 0 Å². The van der Waals surface area contributed by atoms with Crippen LogP contribution < -0.4 is 0 Å². The summed E-state index contributed by atoms with van der Waals surface area (Å²) in [7, 11) is 1.99. The average Bonchev–Trinajstić information content (AvgIpc) is 3.03. The lowest BCUT2D eigenvalue weighted by molar-refractivity contribution is -0.0350. The van der Waals surface area contributed by atoms with Crippen LogP contribution in [0.1, 0.15) is 39.7 Å². The first-order valence-corrected chi connectivity index (χ1v) is 9.90. The van der Waals surface area contributed by atoms with Gasteiger partial charge in [0, 0.05) is 44.1 Å². The largest absolute Gasteiger partial charge is 0.369 e. The smallest absolute Gasteiger partial charge is 0.112 e. The molecule has 5 nitrogen and oxygen atoms in total. The number of aromatic nitrogens is 3. The lowest BCUT2D eigenvalue weighted by atomic mass is 10.0. The van der Waals surface area contributed by atoms with Gasteiger partial charge in [-0.2, -0.15) is 5.10 Å². The zero-order valence-electron chi connectivity index (χ0n) is 16.9. The Morgan fingerprint density at radius 3 is 2.50 bits per heavy atom. The summed E-state index contributed by atoms with van der Waals surface area (Å²) in [4.78, 5) is 7.14. The van der Waals surface area contributed by atoms with Crippen molar-refractivity contribution in [3.63, 3.8) is 0 Å². The highest BCUT2D eigenvalue weighted by Crippen LogP contribution is 2.23. The minimum atomic E-state index is 0.0270. The van der Waals surface area contributed by atoms with Crippen molar-refractivity contribution in [2.45, 2.75) is 32.9 Å². The van der Waals surface area contributed by atoms with Crippen LogP contribution >= 0.6 is 0 Å². The lowest BCUT2D eigenvalue weighted by Crippen LogP contribution is -2.38. The maximum atomic E-state index is 6.01. The van der Waals surface area contributed by atoms with Crippen LogP contribution in [0.5, 0.6) is 0 Å². The lowest BCUT2D eigenvalue weighted by Gasteiger charge is -2.32. The molecule has 0 spiro atoms. The second-order valence-electron chi connectivity index (χ2n) is 7.73. The van der Waals surface area contributed by atoms with Crippen molar-refractivity contribution in [2.24, 2.45) is 7.05 Å². The summed E-state index contributed by atoms with van der Waals surface area (Å²) in [6, 6.07) is 13.0. The van der Waals surface area contributed by atoms with Crippen LogP contribution in [0.15, 0.2) is 48.8 Å². The number of pyridine rings is 1. The summed E-state index contributed by atoms with van der Waals surface area (Å²) in [5.41, 5.74) is 7.35. The first-order chi connectivity index (χ1) is 13.6. The molecule has 1 aliphatic rings. The van der Waals surface area contributed by atoms with Crippen LogP contribution in [0.3, 0.4) is 0 Å². The highest BCUT2D eigenvalue weighted by molar-refractivity contribution is 5.28. The van der Waals surface area contributed by atoms with E-state index in [0.717, 1.165) is 38.4 Å². The van der Waals surface area contributed by atoms with E-state index in [2.05, 4.69) is 60.2 Å². The Balaban J connectivity index is 1.39. The second-order valence-corrected chi connectivity index (χ2v) is 7.73. The molecule has 3 heterocycles. The van der Waals surface area contributed by atoms with Crippen molar-refractivity contribution >= 4 is 0 Å². The van der Waals surface area contributed by atoms with Gasteiger partial charge in [0.25, 0.3) is 0 Å². The standard InChI is InChI=1S/C23H28N4O/c1-17-4-6-19(7-5-17)12-20-8-9-22(24-13-20)23-16-27(10-11-28-23)15-21-14-25-26(3)18(21)2/h4-9,13-14,23H,10-12,15-16H2,1-3H3/t23-/m1/s1. The van der Waals surface area contributed by atoms with Gasteiger partial charge in [0.05, 0.1) is 18.5 Å². The molecule has 1 atom stereocenters. The molecule has 2 aromatic heterocycles. The number of aryl methyl sites for hydroxylation is 2. The maximum Gasteiger partial charge on any atom is 0.112 e. The number of benzene rings is 1. The molecule has 0 bridgehead atoms. The Labute approximate surface area is 167 Å². The summed E-state index contributed by atoms with van der Waals surface area (Å²) in [5, 5.41) is 4.35. The van der Waals surface area contributed by atoms with Crippen LogP contribution in [0.2, 0.25) is 0 Å². The Morgan fingerprint density at radius 1 is 1.04 bits per heavy atom. The van der Waals surface area contributed by atoms with Gasteiger partial charge in [-0.25, -0.2) is 0 Å². The minimum Gasteiger partial charge on any atom is -0.369 e. The molecule has 0 radical (unpaired) electrons. The maximum absolute atomic E-state index is 6.01. The molecular weight excluding hydrogens is 348 g/mol. The molecule has 0 amide bonds. The van der Waals surface area contributed by atoms with Crippen molar-refractivity contribution in [1.82, 2.24) is 19.7 Å². The third-order valence-electron chi connectivity index (χ3n) is 5.59. The van der Waals surface area contributed by atoms with Crippen molar-refractivity contribution < 1.29 is 4.74 Å². The fraction of sp³-hybridized carbons (Fsp3) is 0.391. The van der Waals surface area contributed by atoms with E-state index in [1.165, 1.54) is 27.9 Å². The Bertz CT molecular complexity index is 915. The van der Waals surface area contributed by atoms with Crippen molar-refractivity contribution in [2.75, 3.05) is 19.7 Å². The number of ether oxygens (including phenoxy) is 1. The predicted molar refractivity (Wildman–Crippen MR) is 110 cm³/mol. The molecule has 1 fully saturated rings.